The van der Waals surface area contributed by atoms with E-state index in [-0.39, 0.29) is 62.8 Å². The van der Waals surface area contributed by atoms with Gasteiger partial charge in [0.15, 0.2) is 54.4 Å². The van der Waals surface area contributed by atoms with Gasteiger partial charge >= 0.3 is 0 Å². The molecule has 2 aliphatic heterocycles. The Labute approximate surface area is 575 Å². The fraction of sp³-hybridized carbons (Fsp3) is 0.313. The van der Waals surface area contributed by atoms with E-state index in [1.807, 2.05) is 48.5 Å². The Kier molecular flexibility index (Phi) is 26.0. The second kappa shape index (κ2) is 33.4. The summed E-state index contributed by atoms with van der Waals surface area (Å²) in [5.74, 6) is 15.7. The van der Waals surface area contributed by atoms with Crippen LogP contribution in [0.3, 0.4) is 0 Å². The molecule has 2 saturated heterocycles. The molecule has 2 aliphatic rings. The number of benzene rings is 3. The number of halogens is 1. The van der Waals surface area contributed by atoms with Gasteiger partial charge in [0.25, 0.3) is 0 Å². The number of nitrogens with two attached hydrogens (primary N) is 2. The smallest absolute Gasteiger partial charge is 0.192 e. The number of nitrogen functional groups attached to an aromatic ring is 2. The summed E-state index contributed by atoms with van der Waals surface area (Å²) >= 11 is 2.34. The third kappa shape index (κ3) is 21.2. The van der Waals surface area contributed by atoms with E-state index in [0.29, 0.717) is 49.5 Å². The summed E-state index contributed by atoms with van der Waals surface area (Å²) in [6.07, 6.45) is 14.5. The van der Waals surface area contributed by atoms with Gasteiger partial charge in [0, 0.05) is 90.5 Å². The average molecular weight is 1510 g/mol. The molecule has 9 aromatic rings. The van der Waals surface area contributed by atoms with Crippen LogP contribution in [-0.2, 0) is 73.6 Å². The number of sulfone groups is 5. The minimum absolute atomic E-state index is 0.0378. The highest BCUT2D eigenvalue weighted by Gasteiger charge is 2.25. The topological polar surface area (TPSA) is 341 Å². The molecule has 29 heteroatoms. The number of terminal acetylenes is 1. The van der Waals surface area contributed by atoms with Crippen LogP contribution >= 0.6 is 22.6 Å². The maximum atomic E-state index is 11.7. The van der Waals surface area contributed by atoms with E-state index in [1.54, 1.807) is 18.2 Å². The number of aromatic nitrogens is 6. The molecule has 8 N–H and O–H groups in total. The van der Waals surface area contributed by atoms with Crippen LogP contribution in [0.5, 0.6) is 0 Å². The van der Waals surface area contributed by atoms with Crippen molar-refractivity contribution in [1.82, 2.24) is 28.7 Å². The Balaban J connectivity index is 0.000000184. The first-order valence-electron chi connectivity index (χ1n) is 30.3. The minimum Gasteiger partial charge on any atom is -0.398 e. The first kappa shape index (κ1) is 74.8. The third-order valence-corrected chi connectivity index (χ3v) is 22.3. The highest BCUT2D eigenvalue weighted by atomic mass is 127. The number of carbonyl (C=O) groups is 1. The van der Waals surface area contributed by atoms with Crippen molar-refractivity contribution in [2.24, 2.45) is 0 Å². The molecule has 8 heterocycles. The molecule has 96 heavy (non-hydrogen) atoms. The van der Waals surface area contributed by atoms with E-state index < -0.39 is 49.2 Å². The zero-order chi connectivity index (χ0) is 70.0. The molecule has 0 amide bonds. The molecule has 2 fully saturated rings. The van der Waals surface area contributed by atoms with Crippen LogP contribution in [0.25, 0.3) is 32.7 Å². The Morgan fingerprint density at radius 1 is 0.542 bits per heavy atom. The SMILES string of the molecule is C#CCNc1ccc(S(C)(=O)=O)nc1.CCn1c(C#CCNc2ccc(S(C)(=O)=O)nc2)cc2c(N)cccc21.CCn1c(C#CCNc2ccc(S(C)(=O)=O)nc2)cc2c(NC3CCS(=O)(=O)CC3)cccc21.CCn1c(I)cc2c(N)cccc21.O=C1CCS(=O)(=O)CC1. The third-order valence-electron chi connectivity index (χ3n) is 15.0. The van der Waals surface area contributed by atoms with Crippen molar-refractivity contribution in [2.75, 3.05) is 94.1 Å². The van der Waals surface area contributed by atoms with Crippen molar-refractivity contribution in [3.8, 4) is 36.0 Å². The van der Waals surface area contributed by atoms with Crippen molar-refractivity contribution in [2.45, 2.75) is 87.2 Å². The molecule has 6 aromatic heterocycles. The molecule has 0 aliphatic carbocycles. The van der Waals surface area contributed by atoms with Gasteiger partial charge in [-0.05, 0) is 159 Å². The number of aryl methyl sites for hydroxylation is 3. The highest BCUT2D eigenvalue weighted by molar-refractivity contribution is 14.1. The van der Waals surface area contributed by atoms with Crippen molar-refractivity contribution in [3.63, 3.8) is 0 Å². The number of nitrogens with one attached hydrogen (secondary N) is 4. The van der Waals surface area contributed by atoms with E-state index in [2.05, 4.69) is 147 Å². The second-order valence-corrected chi connectivity index (χ2v) is 33.8. The Morgan fingerprint density at radius 2 is 0.927 bits per heavy atom. The summed E-state index contributed by atoms with van der Waals surface area (Å²) in [5, 5.41) is 16.1. The van der Waals surface area contributed by atoms with Crippen LogP contribution in [0.1, 0.15) is 57.8 Å². The zero-order valence-corrected chi connectivity index (χ0v) is 60.2. The summed E-state index contributed by atoms with van der Waals surface area (Å²) in [4.78, 5) is 22.2. The van der Waals surface area contributed by atoms with Crippen molar-refractivity contribution < 1.29 is 46.9 Å². The second-order valence-electron chi connectivity index (χ2n) is 22.2. The van der Waals surface area contributed by atoms with Crippen molar-refractivity contribution in [1.29, 1.82) is 0 Å². The molecule has 0 unspecified atom stereocenters. The van der Waals surface area contributed by atoms with E-state index in [4.69, 9.17) is 17.9 Å². The fourth-order valence-corrected chi connectivity index (χ4v) is 15.4. The zero-order valence-electron chi connectivity index (χ0n) is 53.9. The average Bonchev–Trinajstić information content (AvgIpc) is 1.66. The number of pyridine rings is 3. The van der Waals surface area contributed by atoms with Crippen LogP contribution in [0, 0.1) is 39.7 Å². The lowest BCUT2D eigenvalue weighted by Crippen LogP contribution is -2.32. The van der Waals surface area contributed by atoms with Crippen LogP contribution in [0.4, 0.5) is 34.1 Å². The van der Waals surface area contributed by atoms with Gasteiger partial charge in [-0.2, -0.15) is 0 Å². The number of Topliss-reactive ketones (excluding diaryl/α,β-unsaturated/α-hetero) is 1. The maximum absolute atomic E-state index is 11.7. The Hall–Kier alpha value is -8.64. The molecule has 0 spiro atoms. The molecule has 0 bridgehead atoms. The van der Waals surface area contributed by atoms with E-state index in [1.165, 1.54) is 46.0 Å². The lowest BCUT2D eigenvalue weighted by molar-refractivity contribution is -0.118. The van der Waals surface area contributed by atoms with Gasteiger partial charge in [0.2, 0.25) is 0 Å². The first-order chi connectivity index (χ1) is 45.4. The molecule has 11 rings (SSSR count). The van der Waals surface area contributed by atoms with Crippen LogP contribution < -0.4 is 32.7 Å². The number of rotatable bonds is 14. The predicted octanol–water partition coefficient (Wildman–Crippen LogP) is 8.56. The number of hydrogen-bond donors (Lipinski definition) is 6. The lowest BCUT2D eigenvalue weighted by atomic mass is 10.1. The predicted molar refractivity (Wildman–Crippen MR) is 393 cm³/mol. The molecule has 0 radical (unpaired) electrons. The molecule has 0 saturated carbocycles. The molecular weight excluding hydrogens is 1440 g/mol. The lowest BCUT2D eigenvalue weighted by Gasteiger charge is -2.24. The minimum atomic E-state index is -3.32. The molecule has 23 nitrogen and oxygen atoms in total. The van der Waals surface area contributed by atoms with Crippen molar-refractivity contribution in [3.05, 3.63) is 143 Å². The maximum Gasteiger partial charge on any atom is 0.192 e. The van der Waals surface area contributed by atoms with Gasteiger partial charge in [0.05, 0.1) is 110 Å². The van der Waals surface area contributed by atoms with Crippen LogP contribution in [0.15, 0.2) is 143 Å². The number of nitrogens with zero attached hydrogens (tertiary/aromatic N) is 6. The molecular formula is C67H77IN12O11S5. The summed E-state index contributed by atoms with van der Waals surface area (Å²) in [6, 6.07) is 33.7. The largest absolute Gasteiger partial charge is 0.398 e. The normalized spacial score (nSPS) is 14.2. The quantitative estimate of drug-likeness (QED) is 0.0337. The summed E-state index contributed by atoms with van der Waals surface area (Å²) < 4.78 is 120. The van der Waals surface area contributed by atoms with E-state index in [0.717, 1.165) is 94.0 Å². The highest BCUT2D eigenvalue weighted by Crippen LogP contribution is 2.30. The van der Waals surface area contributed by atoms with E-state index >= 15 is 0 Å². The number of hydrogen-bond acceptors (Lipinski definition) is 20. The Bertz CT molecular complexity index is 5000. The number of carbonyl (C=O) groups excluding carboxylic acids is 1. The summed E-state index contributed by atoms with van der Waals surface area (Å²) in [6.45, 7) is 10.0. The van der Waals surface area contributed by atoms with Crippen LogP contribution in [-0.4, -0.2) is 144 Å². The van der Waals surface area contributed by atoms with Gasteiger partial charge < -0.3 is 46.4 Å². The van der Waals surface area contributed by atoms with Gasteiger partial charge in [-0.15, -0.1) is 6.42 Å². The molecule has 3 aromatic carbocycles. The monoisotopic (exact) mass is 1510 g/mol. The number of fused-ring (bicyclic) bond motifs is 3. The summed E-state index contributed by atoms with van der Waals surface area (Å²) in [5.41, 5.74) is 21.8. The molecule has 0 atom stereocenters. The van der Waals surface area contributed by atoms with Gasteiger partial charge in [-0.3, -0.25) is 4.79 Å². The van der Waals surface area contributed by atoms with Gasteiger partial charge in [-0.25, -0.2) is 57.0 Å². The summed E-state index contributed by atoms with van der Waals surface area (Å²) in [7, 11) is -15.6. The number of anilines is 6. The van der Waals surface area contributed by atoms with Gasteiger partial charge in [0.1, 0.15) is 15.6 Å². The standard InChI is InChI=1S/C24H28N4O4S2.C19H20N4O2S.C10H11IN2.C9H10N2O2S.C5H8O3S/c1-3-28-20(6-5-13-25-19-9-10-24(26-17-19)33(2,29)30)16-21-22(7-4-8-23(21)28)27-18-11-14-34(31,32)15-12-18;1-3-23-15(12-16-17(20)7-4-8-18(16)23)6-5-11-21-14-9-10-19(22-13-14)26(2,24)25;1-2-13-9-5-3-4-8(12)7(9)6-10(13)11;1-3-6-10-8-4-5-9(11-7-8)14(2,12)13;6-5-1-3-9(7,8)4-2-5/h4,7-10,16-18,25,27H,3,11-15H2,1-2H3;4,7-10,12-13,21H,3,11,20H2,1-2H3;3-6H,2,12H2,1H3;1,4-5,7,10H,6H2,2H3;1-4H2. The van der Waals surface area contributed by atoms with E-state index in [9.17, 15) is 46.9 Å². The molecule has 508 valence electrons. The Morgan fingerprint density at radius 3 is 1.32 bits per heavy atom. The van der Waals surface area contributed by atoms with Crippen LogP contribution in [0.2, 0.25) is 0 Å². The first-order valence-corrected chi connectivity index (χ1v) is 40.7. The van der Waals surface area contributed by atoms with Gasteiger partial charge in [-0.1, -0.05) is 36.0 Å². The fourth-order valence-electron chi connectivity index (χ4n) is 10.1. The van der Waals surface area contributed by atoms with Crippen molar-refractivity contribution >= 4 is 144 Å². The number of ketones is 1.